The van der Waals surface area contributed by atoms with Crippen molar-refractivity contribution in [3.8, 4) is 5.75 Å². The molecule has 1 aliphatic heterocycles. The summed E-state index contributed by atoms with van der Waals surface area (Å²) in [5.41, 5.74) is 1.01. The van der Waals surface area contributed by atoms with Crippen molar-refractivity contribution in [3.63, 3.8) is 0 Å². The van der Waals surface area contributed by atoms with Gasteiger partial charge in [-0.2, -0.15) is 0 Å². The quantitative estimate of drug-likeness (QED) is 0.704. The first-order valence-corrected chi connectivity index (χ1v) is 9.37. The number of hydrogen-bond donors (Lipinski definition) is 1. The van der Waals surface area contributed by atoms with Gasteiger partial charge in [-0.1, -0.05) is 12.1 Å². The molecule has 0 aliphatic carbocycles. The number of nitrogens with zero attached hydrogens (tertiary/aromatic N) is 1. The van der Waals surface area contributed by atoms with Gasteiger partial charge >= 0.3 is 0 Å². The summed E-state index contributed by atoms with van der Waals surface area (Å²) in [6, 6.07) is 11.0. The lowest BCUT2D eigenvalue weighted by Crippen LogP contribution is -2.36. The van der Waals surface area contributed by atoms with Crippen LogP contribution in [0.4, 0.5) is 0 Å². The number of amides is 2. The molecule has 2 heterocycles. The second kappa shape index (κ2) is 9.41. The van der Waals surface area contributed by atoms with E-state index in [1.54, 1.807) is 31.3 Å². The average molecular weight is 386 g/mol. The Hall–Kier alpha value is -2.80. The fourth-order valence-electron chi connectivity index (χ4n) is 3.54. The number of carbonyl (C=O) groups is 2. The van der Waals surface area contributed by atoms with E-state index in [0.717, 1.165) is 17.7 Å². The molecule has 7 nitrogen and oxygen atoms in total. The molecule has 0 unspecified atom stereocenters. The summed E-state index contributed by atoms with van der Waals surface area (Å²) in [4.78, 5) is 27.2. The van der Waals surface area contributed by atoms with Crippen LogP contribution in [0.5, 0.6) is 5.75 Å². The van der Waals surface area contributed by atoms with Crippen molar-refractivity contribution in [2.24, 2.45) is 5.92 Å². The van der Waals surface area contributed by atoms with Crippen molar-refractivity contribution < 1.29 is 23.5 Å². The molecule has 7 heteroatoms. The van der Waals surface area contributed by atoms with E-state index in [1.807, 2.05) is 24.3 Å². The van der Waals surface area contributed by atoms with E-state index >= 15 is 0 Å². The van der Waals surface area contributed by atoms with E-state index in [2.05, 4.69) is 5.32 Å². The Morgan fingerprint density at radius 2 is 1.96 bits per heavy atom. The monoisotopic (exact) mass is 386 g/mol. The molecule has 3 rings (SSSR count). The zero-order valence-corrected chi connectivity index (χ0v) is 16.2. The minimum absolute atomic E-state index is 0.0494. The summed E-state index contributed by atoms with van der Waals surface area (Å²) in [6.45, 7) is 1.95. The largest absolute Gasteiger partial charge is 0.497 e. The molecule has 2 amide bonds. The SMILES string of the molecule is COCCCNC(=O)[C@@H]1CN(C(=O)c2ccco2)C[C@@H]1c1ccc(OC)cc1. The van der Waals surface area contributed by atoms with Crippen molar-refractivity contribution in [3.05, 3.63) is 54.0 Å². The number of methoxy groups -OCH3 is 2. The molecule has 0 radical (unpaired) electrons. The third-order valence-corrected chi connectivity index (χ3v) is 5.04. The maximum atomic E-state index is 12.8. The summed E-state index contributed by atoms with van der Waals surface area (Å²) in [7, 11) is 3.25. The molecule has 2 aromatic rings. The predicted molar refractivity (Wildman–Crippen MR) is 103 cm³/mol. The second-order valence-electron chi connectivity index (χ2n) is 6.81. The number of carbonyl (C=O) groups excluding carboxylic acids is 2. The number of nitrogens with one attached hydrogen (secondary N) is 1. The Bertz CT molecular complexity index is 773. The first kappa shape index (κ1) is 19.9. The summed E-state index contributed by atoms with van der Waals surface area (Å²) in [5.74, 6) is 0.382. The van der Waals surface area contributed by atoms with Crippen molar-refractivity contribution in [1.82, 2.24) is 10.2 Å². The Morgan fingerprint density at radius 3 is 2.61 bits per heavy atom. The van der Waals surface area contributed by atoms with Crippen molar-refractivity contribution in [2.45, 2.75) is 12.3 Å². The minimum atomic E-state index is -0.324. The van der Waals surface area contributed by atoms with Crippen LogP contribution in [-0.2, 0) is 9.53 Å². The fraction of sp³-hybridized carbons (Fsp3) is 0.429. The first-order chi connectivity index (χ1) is 13.6. The molecular weight excluding hydrogens is 360 g/mol. The van der Waals surface area contributed by atoms with Gasteiger partial charge in [0.15, 0.2) is 5.76 Å². The highest BCUT2D eigenvalue weighted by atomic mass is 16.5. The van der Waals surface area contributed by atoms with E-state index in [0.29, 0.717) is 26.2 Å². The Kier molecular flexibility index (Phi) is 6.71. The van der Waals surface area contributed by atoms with Crippen molar-refractivity contribution in [1.29, 1.82) is 0 Å². The van der Waals surface area contributed by atoms with Gasteiger partial charge in [0.2, 0.25) is 5.91 Å². The Morgan fingerprint density at radius 1 is 1.18 bits per heavy atom. The Balaban J connectivity index is 1.76. The van der Waals surface area contributed by atoms with Crippen LogP contribution in [0, 0.1) is 5.92 Å². The van der Waals surface area contributed by atoms with Gasteiger partial charge in [0, 0.05) is 39.3 Å². The molecule has 0 saturated carbocycles. The molecule has 1 aliphatic rings. The van der Waals surface area contributed by atoms with Gasteiger partial charge in [0.05, 0.1) is 19.3 Å². The van der Waals surface area contributed by atoms with Crippen LogP contribution in [0.2, 0.25) is 0 Å². The van der Waals surface area contributed by atoms with Gasteiger partial charge in [-0.15, -0.1) is 0 Å². The number of rotatable bonds is 8. The van der Waals surface area contributed by atoms with Gasteiger partial charge < -0.3 is 24.1 Å². The lowest BCUT2D eigenvalue weighted by atomic mass is 9.88. The van der Waals surface area contributed by atoms with Gasteiger partial charge in [0.1, 0.15) is 5.75 Å². The molecule has 1 aromatic carbocycles. The van der Waals surface area contributed by atoms with Crippen LogP contribution < -0.4 is 10.1 Å². The van der Waals surface area contributed by atoms with E-state index in [9.17, 15) is 9.59 Å². The fourth-order valence-corrected chi connectivity index (χ4v) is 3.54. The van der Waals surface area contributed by atoms with Crippen LogP contribution in [0.25, 0.3) is 0 Å². The van der Waals surface area contributed by atoms with Crippen molar-refractivity contribution >= 4 is 11.8 Å². The molecular formula is C21H26N2O5. The van der Waals surface area contributed by atoms with E-state index in [-0.39, 0.29) is 29.4 Å². The number of ether oxygens (including phenoxy) is 2. The molecule has 0 bridgehead atoms. The van der Waals surface area contributed by atoms with Crippen LogP contribution in [-0.4, -0.2) is 57.2 Å². The zero-order chi connectivity index (χ0) is 19.9. The standard InChI is InChI=1S/C21H26N2O5/c1-26-11-4-10-22-20(24)18-14-23(21(25)19-5-3-12-28-19)13-17(18)15-6-8-16(27-2)9-7-15/h3,5-9,12,17-18H,4,10-11,13-14H2,1-2H3,(H,22,24)/t17-,18-/m1/s1. The summed E-state index contributed by atoms with van der Waals surface area (Å²) in [6.07, 6.45) is 2.22. The van der Waals surface area contributed by atoms with Gasteiger partial charge in [0.25, 0.3) is 5.91 Å². The van der Waals surface area contributed by atoms with Gasteiger partial charge in [-0.25, -0.2) is 0 Å². The number of hydrogen-bond acceptors (Lipinski definition) is 5. The molecule has 150 valence electrons. The second-order valence-corrected chi connectivity index (χ2v) is 6.81. The molecule has 2 atom stereocenters. The van der Waals surface area contributed by atoms with Gasteiger partial charge in [-0.05, 0) is 36.2 Å². The lowest BCUT2D eigenvalue weighted by Gasteiger charge is -2.18. The topological polar surface area (TPSA) is 81.0 Å². The smallest absolute Gasteiger partial charge is 0.289 e. The van der Waals surface area contributed by atoms with E-state index in [4.69, 9.17) is 13.9 Å². The zero-order valence-electron chi connectivity index (χ0n) is 16.2. The van der Waals surface area contributed by atoms with Crippen LogP contribution in [0.15, 0.2) is 47.1 Å². The average Bonchev–Trinajstić information content (AvgIpc) is 3.41. The summed E-state index contributed by atoms with van der Waals surface area (Å²) in [5, 5.41) is 2.97. The molecule has 28 heavy (non-hydrogen) atoms. The lowest BCUT2D eigenvalue weighted by molar-refractivity contribution is -0.124. The predicted octanol–water partition coefficient (Wildman–Crippen LogP) is 2.30. The number of benzene rings is 1. The highest BCUT2D eigenvalue weighted by Gasteiger charge is 2.41. The van der Waals surface area contributed by atoms with E-state index < -0.39 is 0 Å². The summed E-state index contributed by atoms with van der Waals surface area (Å²) < 4.78 is 15.5. The van der Waals surface area contributed by atoms with Crippen LogP contribution in [0.3, 0.4) is 0 Å². The number of furan rings is 1. The maximum Gasteiger partial charge on any atom is 0.289 e. The van der Waals surface area contributed by atoms with Crippen LogP contribution >= 0.6 is 0 Å². The van der Waals surface area contributed by atoms with Crippen LogP contribution in [0.1, 0.15) is 28.5 Å². The first-order valence-electron chi connectivity index (χ1n) is 9.37. The van der Waals surface area contributed by atoms with Gasteiger partial charge in [-0.3, -0.25) is 9.59 Å². The molecule has 1 aromatic heterocycles. The molecule has 0 spiro atoms. The Labute approximate surface area is 164 Å². The van der Waals surface area contributed by atoms with E-state index in [1.165, 1.54) is 6.26 Å². The van der Waals surface area contributed by atoms with Crippen molar-refractivity contribution in [2.75, 3.05) is 40.5 Å². The third kappa shape index (κ3) is 4.54. The normalized spacial score (nSPS) is 18.9. The third-order valence-electron chi connectivity index (χ3n) is 5.04. The highest BCUT2D eigenvalue weighted by molar-refractivity contribution is 5.92. The number of likely N-dealkylation sites (tertiary alicyclic amines) is 1. The molecule has 1 fully saturated rings. The molecule has 1 saturated heterocycles. The highest BCUT2D eigenvalue weighted by Crippen LogP contribution is 2.34. The molecule has 1 N–H and O–H groups in total. The minimum Gasteiger partial charge on any atom is -0.497 e. The summed E-state index contributed by atoms with van der Waals surface area (Å²) >= 11 is 0. The maximum absolute atomic E-state index is 12.8.